The molecule has 1 saturated heterocycles. The first-order valence-electron chi connectivity index (χ1n) is 6.42. The first-order valence-corrected chi connectivity index (χ1v) is 7.86. The summed E-state index contributed by atoms with van der Waals surface area (Å²) in [4.78, 5) is 37.3. The third-order valence-corrected chi connectivity index (χ3v) is 4.15. The Morgan fingerprint density at radius 1 is 1.18 bits per heavy atom. The van der Waals surface area contributed by atoms with Gasteiger partial charge in [0.25, 0.3) is 10.1 Å². The van der Waals surface area contributed by atoms with Gasteiger partial charge in [0.2, 0.25) is 11.8 Å². The quantitative estimate of drug-likeness (QED) is 0.653. The summed E-state index contributed by atoms with van der Waals surface area (Å²) in [6.45, 7) is 3.24. The average Bonchev–Trinajstić information content (AvgIpc) is 2.39. The molecule has 1 N–H and O–H groups in total. The van der Waals surface area contributed by atoms with E-state index in [0.29, 0.717) is 5.56 Å². The topological polar surface area (TPSA) is 112 Å². The van der Waals surface area contributed by atoms with Crippen LogP contribution in [0.5, 0.6) is 0 Å². The fourth-order valence-corrected chi connectivity index (χ4v) is 2.79. The first kappa shape index (κ1) is 16.1. The van der Waals surface area contributed by atoms with Crippen LogP contribution in [0.25, 0.3) is 0 Å². The van der Waals surface area contributed by atoms with Gasteiger partial charge in [-0.15, -0.1) is 0 Å². The van der Waals surface area contributed by atoms with Crippen LogP contribution in [0.1, 0.15) is 18.9 Å². The van der Waals surface area contributed by atoms with Crippen molar-refractivity contribution in [3.8, 4) is 0 Å². The molecule has 0 aromatic heterocycles. The molecular formula is C13H14N2O6S. The molecule has 4 amide bonds. The minimum Gasteiger partial charge on any atom is -0.282 e. The second-order valence-corrected chi connectivity index (χ2v) is 6.17. The predicted octanol–water partition coefficient (Wildman–Crippen LogP) is 0.947. The van der Waals surface area contributed by atoms with Crippen LogP contribution >= 0.6 is 0 Å². The molecule has 1 fully saturated rings. The zero-order valence-corrected chi connectivity index (χ0v) is 12.8. The van der Waals surface area contributed by atoms with Crippen LogP contribution in [0.4, 0.5) is 10.5 Å². The number of carbonyl (C=O) groups is 3. The number of hydrogen-bond donors (Lipinski definition) is 1. The van der Waals surface area contributed by atoms with Gasteiger partial charge in [-0.3, -0.25) is 19.0 Å². The molecule has 0 atom stereocenters. The molecule has 1 aromatic rings. The largest absolute Gasteiger partial charge is 0.338 e. The third-order valence-electron chi connectivity index (χ3n) is 3.30. The lowest BCUT2D eigenvalue weighted by Crippen LogP contribution is -2.55. The van der Waals surface area contributed by atoms with Crippen molar-refractivity contribution >= 4 is 33.7 Å². The Kier molecular flexibility index (Phi) is 4.03. The van der Waals surface area contributed by atoms with Crippen molar-refractivity contribution in [1.82, 2.24) is 4.90 Å². The minimum absolute atomic E-state index is 0.129. The summed E-state index contributed by atoms with van der Waals surface area (Å²) in [6, 6.07) is 2.72. The monoisotopic (exact) mass is 326 g/mol. The molecule has 9 heteroatoms. The lowest BCUT2D eigenvalue weighted by molar-refractivity contribution is -0.134. The van der Waals surface area contributed by atoms with Crippen molar-refractivity contribution in [2.75, 3.05) is 11.4 Å². The van der Waals surface area contributed by atoms with Crippen LogP contribution in [0, 0.1) is 6.92 Å². The van der Waals surface area contributed by atoms with E-state index in [2.05, 4.69) is 0 Å². The van der Waals surface area contributed by atoms with Gasteiger partial charge in [0.1, 0.15) is 6.42 Å². The molecule has 2 rings (SSSR count). The lowest BCUT2D eigenvalue weighted by Gasteiger charge is -2.32. The van der Waals surface area contributed by atoms with Crippen LogP contribution < -0.4 is 4.90 Å². The number of nitrogens with zero attached hydrogens (tertiary/aromatic N) is 2. The van der Waals surface area contributed by atoms with Gasteiger partial charge >= 0.3 is 6.03 Å². The maximum Gasteiger partial charge on any atom is 0.338 e. The van der Waals surface area contributed by atoms with Gasteiger partial charge in [0.15, 0.2) is 0 Å². The van der Waals surface area contributed by atoms with E-state index in [4.69, 9.17) is 4.55 Å². The summed E-state index contributed by atoms with van der Waals surface area (Å²) in [5.41, 5.74) is 0.482. The van der Waals surface area contributed by atoms with Gasteiger partial charge in [0.05, 0.1) is 10.6 Å². The molecule has 0 bridgehead atoms. The molecule has 1 aromatic carbocycles. The van der Waals surface area contributed by atoms with Crippen LogP contribution in [0.3, 0.4) is 0 Å². The third kappa shape index (κ3) is 2.72. The summed E-state index contributed by atoms with van der Waals surface area (Å²) >= 11 is 0. The summed E-state index contributed by atoms with van der Waals surface area (Å²) in [6.07, 6.45) is -0.431. The highest BCUT2D eigenvalue weighted by molar-refractivity contribution is 7.85. The molecule has 0 unspecified atom stereocenters. The highest BCUT2D eigenvalue weighted by Crippen LogP contribution is 2.27. The Balaban J connectivity index is 2.49. The van der Waals surface area contributed by atoms with E-state index in [1.165, 1.54) is 13.0 Å². The number of imide groups is 2. The van der Waals surface area contributed by atoms with Gasteiger partial charge < -0.3 is 0 Å². The summed E-state index contributed by atoms with van der Waals surface area (Å²) in [5.74, 6) is -1.25. The molecule has 22 heavy (non-hydrogen) atoms. The van der Waals surface area contributed by atoms with Crippen molar-refractivity contribution < 1.29 is 27.4 Å². The number of barbiturate groups is 1. The maximum atomic E-state index is 12.3. The number of carbonyl (C=O) groups excluding carboxylic acids is 3. The van der Waals surface area contributed by atoms with E-state index in [1.54, 1.807) is 6.92 Å². The fourth-order valence-electron chi connectivity index (χ4n) is 2.23. The van der Waals surface area contributed by atoms with Crippen molar-refractivity contribution in [3.05, 3.63) is 23.8 Å². The van der Waals surface area contributed by atoms with E-state index < -0.39 is 34.4 Å². The van der Waals surface area contributed by atoms with Gasteiger partial charge in [-0.05, 0) is 37.6 Å². The van der Waals surface area contributed by atoms with E-state index in [-0.39, 0.29) is 17.1 Å². The Hall–Kier alpha value is -2.26. The van der Waals surface area contributed by atoms with Gasteiger partial charge in [-0.1, -0.05) is 0 Å². The molecule has 1 aliphatic heterocycles. The molecule has 118 valence electrons. The van der Waals surface area contributed by atoms with E-state index in [0.717, 1.165) is 21.9 Å². The Labute approximate surface area is 127 Å². The smallest absolute Gasteiger partial charge is 0.282 e. The van der Waals surface area contributed by atoms with Crippen molar-refractivity contribution in [3.63, 3.8) is 0 Å². The maximum absolute atomic E-state index is 12.3. The van der Waals surface area contributed by atoms with E-state index in [9.17, 15) is 22.8 Å². The Morgan fingerprint density at radius 2 is 1.82 bits per heavy atom. The van der Waals surface area contributed by atoms with E-state index in [1.807, 2.05) is 0 Å². The van der Waals surface area contributed by atoms with Crippen molar-refractivity contribution in [1.29, 1.82) is 0 Å². The molecule has 0 spiro atoms. The van der Waals surface area contributed by atoms with Crippen molar-refractivity contribution in [2.45, 2.75) is 25.2 Å². The van der Waals surface area contributed by atoms with Gasteiger partial charge in [0, 0.05) is 6.54 Å². The minimum atomic E-state index is -4.38. The molecular weight excluding hydrogens is 312 g/mol. The zero-order valence-electron chi connectivity index (χ0n) is 11.9. The number of aryl methyl sites for hydroxylation is 1. The van der Waals surface area contributed by atoms with Crippen molar-refractivity contribution in [2.24, 2.45) is 0 Å². The zero-order chi connectivity index (χ0) is 16.7. The number of benzene rings is 1. The number of rotatable bonds is 3. The Bertz CT molecular complexity index is 771. The second kappa shape index (κ2) is 5.50. The van der Waals surface area contributed by atoms with Crippen LogP contribution in [-0.2, 0) is 19.7 Å². The first-order chi connectivity index (χ1) is 10.2. The fraction of sp³-hybridized carbons (Fsp3) is 0.308. The molecule has 0 saturated carbocycles. The standard InChI is InChI=1S/C13H14N2O6S/c1-3-14-11(16)7-12(17)15(13(14)18)10-5-4-9(6-8(10)2)22(19,20)21/h4-6H,3,7H2,1-2H3,(H,19,20,21). The van der Waals surface area contributed by atoms with Crippen LogP contribution in [0.15, 0.2) is 23.1 Å². The Morgan fingerprint density at radius 3 is 2.32 bits per heavy atom. The van der Waals surface area contributed by atoms with Crippen LogP contribution in [-0.4, -0.2) is 42.3 Å². The second-order valence-electron chi connectivity index (χ2n) is 4.75. The normalized spacial score (nSPS) is 16.4. The van der Waals surface area contributed by atoms with Gasteiger partial charge in [-0.25, -0.2) is 9.69 Å². The summed E-state index contributed by atoms with van der Waals surface area (Å²) in [7, 11) is -4.38. The highest BCUT2D eigenvalue weighted by Gasteiger charge is 2.38. The van der Waals surface area contributed by atoms with Gasteiger partial charge in [-0.2, -0.15) is 8.42 Å². The summed E-state index contributed by atoms with van der Waals surface area (Å²) < 4.78 is 31.2. The summed E-state index contributed by atoms with van der Waals surface area (Å²) in [5, 5.41) is 0. The molecule has 0 aliphatic carbocycles. The molecule has 0 radical (unpaired) electrons. The predicted molar refractivity (Wildman–Crippen MR) is 75.9 cm³/mol. The number of amides is 4. The number of anilines is 1. The SMILES string of the molecule is CCN1C(=O)CC(=O)N(c2ccc(S(=O)(=O)O)cc2C)C1=O. The number of urea groups is 1. The highest BCUT2D eigenvalue weighted by atomic mass is 32.2. The molecule has 1 aliphatic rings. The average molecular weight is 326 g/mol. The van der Waals surface area contributed by atoms with E-state index >= 15 is 0 Å². The van der Waals surface area contributed by atoms with Crippen LogP contribution in [0.2, 0.25) is 0 Å². The number of hydrogen-bond acceptors (Lipinski definition) is 5. The lowest BCUT2D eigenvalue weighted by atomic mass is 10.1. The molecule has 8 nitrogen and oxygen atoms in total. The molecule has 1 heterocycles.